The molecule has 0 atom stereocenters. The van der Waals surface area contributed by atoms with Crippen LogP contribution in [0.1, 0.15) is 61.4 Å². The highest BCUT2D eigenvalue weighted by molar-refractivity contribution is 5.79. The molecular formula is C20H23F4N3O. The molecule has 0 spiro atoms. The Kier molecular flexibility index (Phi) is 5.76. The highest BCUT2D eigenvalue weighted by atomic mass is 19.3. The molecule has 1 fully saturated rings. The van der Waals surface area contributed by atoms with Gasteiger partial charge in [-0.05, 0) is 30.4 Å². The minimum atomic E-state index is -2.98. The maximum Gasteiger partial charge on any atom is 0.282 e. The third-order valence-corrected chi connectivity index (χ3v) is 5.05. The van der Waals surface area contributed by atoms with Crippen molar-refractivity contribution in [2.24, 2.45) is 7.05 Å². The number of rotatable bonds is 7. The number of nitrogens with zero attached hydrogens (tertiary/aromatic N) is 3. The molecule has 3 rings (SSSR count). The fraction of sp³-hybridized carbons (Fsp3) is 0.500. The zero-order valence-electron chi connectivity index (χ0n) is 16.1. The fourth-order valence-electron chi connectivity index (χ4n) is 3.42. The van der Waals surface area contributed by atoms with E-state index in [9.17, 15) is 22.4 Å². The molecule has 0 unspecified atom stereocenters. The van der Waals surface area contributed by atoms with Crippen LogP contribution in [0.25, 0.3) is 0 Å². The van der Waals surface area contributed by atoms with Crippen LogP contribution in [0.3, 0.4) is 0 Å². The summed E-state index contributed by atoms with van der Waals surface area (Å²) in [5.74, 6) is -1.81. The van der Waals surface area contributed by atoms with Crippen LogP contribution in [0.5, 0.6) is 0 Å². The first-order valence-corrected chi connectivity index (χ1v) is 9.26. The van der Waals surface area contributed by atoms with Crippen LogP contribution < -0.4 is 0 Å². The maximum atomic E-state index is 14.5. The van der Waals surface area contributed by atoms with Gasteiger partial charge in [0.2, 0.25) is 11.9 Å². The molecule has 1 heterocycles. The molecule has 28 heavy (non-hydrogen) atoms. The van der Waals surface area contributed by atoms with E-state index in [1.165, 1.54) is 18.0 Å². The number of hydrogen-bond donors (Lipinski definition) is 0. The summed E-state index contributed by atoms with van der Waals surface area (Å²) >= 11 is 0. The molecule has 8 heteroatoms. The van der Waals surface area contributed by atoms with Gasteiger partial charge in [0.05, 0.1) is 6.42 Å². The van der Waals surface area contributed by atoms with E-state index < -0.39 is 41.8 Å². The minimum Gasteiger partial charge on any atom is -0.335 e. The van der Waals surface area contributed by atoms with E-state index in [1.54, 1.807) is 6.07 Å². The molecule has 4 nitrogen and oxygen atoms in total. The molecule has 0 saturated heterocycles. The number of halogens is 4. The van der Waals surface area contributed by atoms with E-state index in [4.69, 9.17) is 0 Å². The highest BCUT2D eigenvalue weighted by Gasteiger charge is 2.35. The molecule has 1 aliphatic carbocycles. The molecule has 0 bridgehead atoms. The van der Waals surface area contributed by atoms with E-state index in [0.29, 0.717) is 10.2 Å². The zero-order chi connectivity index (χ0) is 20.6. The van der Waals surface area contributed by atoms with Crippen molar-refractivity contribution in [1.82, 2.24) is 14.7 Å². The number of benzene rings is 1. The van der Waals surface area contributed by atoms with Gasteiger partial charge in [-0.15, -0.1) is 0 Å². The van der Waals surface area contributed by atoms with Crippen molar-refractivity contribution in [3.05, 3.63) is 52.3 Å². The molecule has 2 aromatic rings. The fourth-order valence-corrected chi connectivity index (χ4v) is 3.42. The molecule has 1 aliphatic rings. The van der Waals surface area contributed by atoms with Crippen LogP contribution in [-0.4, -0.2) is 26.6 Å². The molecule has 1 aromatic carbocycles. The van der Waals surface area contributed by atoms with Gasteiger partial charge in [-0.25, -0.2) is 17.9 Å². The summed E-state index contributed by atoms with van der Waals surface area (Å²) in [6.07, 6.45) is -1.99. The summed E-state index contributed by atoms with van der Waals surface area (Å²) in [7, 11) is 1.21. The molecule has 1 amide bonds. The average Bonchev–Trinajstić information content (AvgIpc) is 3.42. The molecular weight excluding hydrogens is 374 g/mol. The lowest BCUT2D eigenvalue weighted by molar-refractivity contribution is -0.131. The molecule has 0 aliphatic heterocycles. The van der Waals surface area contributed by atoms with Gasteiger partial charge in [-0.3, -0.25) is 4.79 Å². The average molecular weight is 397 g/mol. The van der Waals surface area contributed by atoms with Crippen molar-refractivity contribution in [2.75, 3.05) is 0 Å². The first-order valence-electron chi connectivity index (χ1n) is 9.26. The van der Waals surface area contributed by atoms with Crippen LogP contribution in [0.15, 0.2) is 18.2 Å². The Hall–Kier alpha value is -2.38. The van der Waals surface area contributed by atoms with E-state index in [1.807, 2.05) is 19.9 Å². The number of aryl methyl sites for hydroxylation is 1. The Balaban J connectivity index is 1.88. The monoisotopic (exact) mass is 397 g/mol. The normalized spacial score (nSPS) is 14.2. The van der Waals surface area contributed by atoms with Gasteiger partial charge < -0.3 is 4.90 Å². The van der Waals surface area contributed by atoms with Crippen molar-refractivity contribution in [2.45, 2.75) is 58.0 Å². The highest BCUT2D eigenvalue weighted by Crippen LogP contribution is 2.33. The van der Waals surface area contributed by atoms with Crippen LogP contribution in [0.4, 0.5) is 17.6 Å². The van der Waals surface area contributed by atoms with Crippen molar-refractivity contribution in [3.8, 4) is 0 Å². The molecule has 0 radical (unpaired) electrons. The van der Waals surface area contributed by atoms with Gasteiger partial charge in [-0.1, -0.05) is 26.0 Å². The number of amides is 1. The Morgan fingerprint density at radius 2 is 1.93 bits per heavy atom. The molecule has 0 N–H and O–H groups in total. The van der Waals surface area contributed by atoms with Gasteiger partial charge in [0.15, 0.2) is 0 Å². The largest absolute Gasteiger partial charge is 0.335 e. The van der Waals surface area contributed by atoms with E-state index >= 15 is 0 Å². The number of carbonyl (C=O) groups is 1. The standard InChI is InChI=1S/C20H23F4N3O/c1-11(2)13-5-4-6-16(21)15(13)10-27(12-7-8-12)17(28)9-14-18(19(22)23)25-26(3)20(14)24/h4-6,11-12,19H,7-10H2,1-3H3. The van der Waals surface area contributed by atoms with Crippen molar-refractivity contribution in [1.29, 1.82) is 0 Å². The van der Waals surface area contributed by atoms with Crippen molar-refractivity contribution >= 4 is 5.91 Å². The van der Waals surface area contributed by atoms with Crippen LogP contribution >= 0.6 is 0 Å². The van der Waals surface area contributed by atoms with Crippen molar-refractivity contribution < 1.29 is 22.4 Å². The second-order valence-electron chi connectivity index (χ2n) is 7.47. The Morgan fingerprint density at radius 3 is 2.50 bits per heavy atom. The molecule has 152 valence electrons. The van der Waals surface area contributed by atoms with Gasteiger partial charge in [-0.2, -0.15) is 9.49 Å². The van der Waals surface area contributed by atoms with Gasteiger partial charge in [0.1, 0.15) is 11.5 Å². The third kappa shape index (κ3) is 4.05. The second-order valence-corrected chi connectivity index (χ2v) is 7.47. The molecule has 1 aromatic heterocycles. The molecule has 1 saturated carbocycles. The van der Waals surface area contributed by atoms with Gasteiger partial charge >= 0.3 is 0 Å². The van der Waals surface area contributed by atoms with Gasteiger partial charge in [0.25, 0.3) is 6.43 Å². The Bertz CT molecular complexity index is 875. The Labute approximate surface area is 161 Å². The smallest absolute Gasteiger partial charge is 0.282 e. The summed E-state index contributed by atoms with van der Waals surface area (Å²) in [6, 6.07) is 4.69. The lowest BCUT2D eigenvalue weighted by Crippen LogP contribution is -2.35. The topological polar surface area (TPSA) is 38.1 Å². The Morgan fingerprint density at radius 1 is 1.25 bits per heavy atom. The van der Waals surface area contributed by atoms with Crippen LogP contribution in [0, 0.1) is 11.8 Å². The number of carbonyl (C=O) groups excluding carboxylic acids is 1. The third-order valence-electron chi connectivity index (χ3n) is 5.05. The quantitative estimate of drug-likeness (QED) is 0.646. The lowest BCUT2D eigenvalue weighted by Gasteiger charge is -2.25. The van der Waals surface area contributed by atoms with E-state index in [2.05, 4.69) is 5.10 Å². The van der Waals surface area contributed by atoms with Crippen LogP contribution in [0.2, 0.25) is 0 Å². The maximum absolute atomic E-state index is 14.5. The first kappa shape index (κ1) is 20.4. The minimum absolute atomic E-state index is 0.0373. The van der Waals surface area contributed by atoms with Gasteiger partial charge in [0, 0.05) is 30.8 Å². The predicted octanol–water partition coefficient (Wildman–Crippen LogP) is 4.49. The summed E-state index contributed by atoms with van der Waals surface area (Å²) in [4.78, 5) is 14.4. The SMILES string of the molecule is CC(C)c1cccc(F)c1CN(C(=O)Cc1c(C(F)F)nn(C)c1F)C1CC1. The zero-order valence-corrected chi connectivity index (χ0v) is 16.1. The summed E-state index contributed by atoms with van der Waals surface area (Å²) in [5.41, 5.74) is 0.0846. The van der Waals surface area contributed by atoms with E-state index in [0.717, 1.165) is 18.4 Å². The summed E-state index contributed by atoms with van der Waals surface area (Å²) in [6.45, 7) is 3.90. The summed E-state index contributed by atoms with van der Waals surface area (Å²) in [5, 5.41) is 3.48. The second kappa shape index (κ2) is 7.93. The number of hydrogen-bond acceptors (Lipinski definition) is 2. The summed E-state index contributed by atoms with van der Waals surface area (Å²) < 4.78 is 55.7. The first-order chi connectivity index (χ1) is 13.2. The van der Waals surface area contributed by atoms with Crippen molar-refractivity contribution in [3.63, 3.8) is 0 Å². The van der Waals surface area contributed by atoms with E-state index in [-0.39, 0.29) is 18.5 Å². The predicted molar refractivity (Wildman–Crippen MR) is 95.9 cm³/mol. The lowest BCUT2D eigenvalue weighted by atomic mass is 9.96. The number of alkyl halides is 2. The van der Waals surface area contributed by atoms with Crippen LogP contribution in [-0.2, 0) is 24.8 Å². The number of aromatic nitrogens is 2.